The van der Waals surface area contributed by atoms with Crippen molar-refractivity contribution < 1.29 is 4.74 Å². The molecule has 18 heavy (non-hydrogen) atoms. The van der Waals surface area contributed by atoms with Crippen molar-refractivity contribution in [3.8, 4) is 5.75 Å². The van der Waals surface area contributed by atoms with Gasteiger partial charge >= 0.3 is 0 Å². The number of hydrogen-bond acceptors (Lipinski definition) is 1. The summed E-state index contributed by atoms with van der Waals surface area (Å²) in [6, 6.07) is 14.2. The zero-order valence-corrected chi connectivity index (χ0v) is 11.7. The smallest absolute Gasteiger partial charge is 0.123 e. The van der Waals surface area contributed by atoms with Gasteiger partial charge in [0.05, 0.1) is 12.5 Å². The molecule has 1 atom stereocenters. The highest BCUT2D eigenvalue weighted by molar-refractivity contribution is 6.22. The fraction of sp³-hybridized carbons (Fsp3) is 0.250. The van der Waals surface area contributed by atoms with Gasteiger partial charge in [-0.1, -0.05) is 36.4 Å². The van der Waals surface area contributed by atoms with Crippen LogP contribution in [0.2, 0.25) is 0 Å². The number of hydrogen-bond donors (Lipinski definition) is 0. The van der Waals surface area contributed by atoms with Gasteiger partial charge in [-0.05, 0) is 36.6 Å². The normalized spacial score (nSPS) is 12.2. The summed E-state index contributed by atoms with van der Waals surface area (Å²) in [5.41, 5.74) is 4.64. The van der Waals surface area contributed by atoms with Gasteiger partial charge in [-0.3, -0.25) is 0 Å². The first kappa shape index (κ1) is 13.0. The van der Waals surface area contributed by atoms with Crippen LogP contribution in [-0.4, -0.2) is 7.11 Å². The average molecular weight is 261 g/mol. The molecule has 2 rings (SSSR count). The van der Waals surface area contributed by atoms with Crippen LogP contribution in [0.15, 0.2) is 42.5 Å². The Labute approximate surface area is 113 Å². The topological polar surface area (TPSA) is 9.23 Å². The largest absolute Gasteiger partial charge is 0.496 e. The van der Waals surface area contributed by atoms with E-state index in [2.05, 4.69) is 32.0 Å². The van der Waals surface area contributed by atoms with Gasteiger partial charge in [-0.2, -0.15) is 0 Å². The molecule has 0 spiro atoms. The summed E-state index contributed by atoms with van der Waals surface area (Å²) >= 11 is 6.56. The molecule has 0 heterocycles. The Bertz CT molecular complexity index is 549. The van der Waals surface area contributed by atoms with Gasteiger partial charge in [-0.15, -0.1) is 11.6 Å². The van der Waals surface area contributed by atoms with Crippen molar-refractivity contribution in [2.45, 2.75) is 19.2 Å². The highest BCUT2D eigenvalue weighted by atomic mass is 35.5. The second-order valence-electron chi connectivity index (χ2n) is 4.45. The Kier molecular flexibility index (Phi) is 3.93. The SMILES string of the molecule is COc1ccccc1C(Cl)c1ccc(C)c(C)c1. The maximum Gasteiger partial charge on any atom is 0.123 e. The lowest BCUT2D eigenvalue weighted by Gasteiger charge is -2.15. The van der Waals surface area contributed by atoms with E-state index in [1.165, 1.54) is 11.1 Å². The average Bonchev–Trinajstić information content (AvgIpc) is 2.41. The van der Waals surface area contributed by atoms with Gasteiger partial charge in [-0.25, -0.2) is 0 Å². The van der Waals surface area contributed by atoms with Crippen molar-refractivity contribution in [3.05, 3.63) is 64.7 Å². The van der Waals surface area contributed by atoms with E-state index in [1.54, 1.807) is 7.11 Å². The molecule has 2 heteroatoms. The molecule has 0 bridgehead atoms. The monoisotopic (exact) mass is 260 g/mol. The summed E-state index contributed by atoms with van der Waals surface area (Å²) in [7, 11) is 1.67. The molecule has 0 saturated carbocycles. The zero-order chi connectivity index (χ0) is 13.1. The van der Waals surface area contributed by atoms with E-state index in [0.29, 0.717) is 0 Å². The maximum absolute atomic E-state index is 6.56. The predicted octanol–water partition coefficient (Wildman–Crippen LogP) is 4.64. The van der Waals surface area contributed by atoms with E-state index in [9.17, 15) is 0 Å². The molecular formula is C16H17ClO. The summed E-state index contributed by atoms with van der Waals surface area (Å²) in [4.78, 5) is 0. The molecule has 1 unspecified atom stereocenters. The molecular weight excluding hydrogens is 244 g/mol. The zero-order valence-electron chi connectivity index (χ0n) is 10.9. The summed E-state index contributed by atoms with van der Waals surface area (Å²) in [5.74, 6) is 0.829. The molecule has 2 aromatic rings. The molecule has 94 valence electrons. The van der Waals surface area contributed by atoms with Gasteiger partial charge < -0.3 is 4.74 Å². The predicted molar refractivity (Wildman–Crippen MR) is 76.6 cm³/mol. The van der Waals surface area contributed by atoms with Crippen molar-refractivity contribution in [3.63, 3.8) is 0 Å². The first-order valence-electron chi connectivity index (χ1n) is 5.97. The maximum atomic E-state index is 6.56. The van der Waals surface area contributed by atoms with Crippen molar-refractivity contribution >= 4 is 11.6 Å². The molecule has 1 nitrogen and oxygen atoms in total. The Balaban J connectivity index is 2.41. The molecule has 0 aliphatic rings. The highest BCUT2D eigenvalue weighted by Gasteiger charge is 2.15. The van der Waals surface area contributed by atoms with E-state index >= 15 is 0 Å². The summed E-state index contributed by atoms with van der Waals surface area (Å²) in [6.45, 7) is 4.20. The van der Waals surface area contributed by atoms with Crippen LogP contribution in [-0.2, 0) is 0 Å². The molecule has 0 amide bonds. The Hall–Kier alpha value is -1.47. The third-order valence-electron chi connectivity index (χ3n) is 3.24. The van der Waals surface area contributed by atoms with Crippen LogP contribution < -0.4 is 4.74 Å². The van der Waals surface area contributed by atoms with Crippen LogP contribution in [0.3, 0.4) is 0 Å². The lowest BCUT2D eigenvalue weighted by Crippen LogP contribution is -1.98. The number of benzene rings is 2. The Morgan fingerprint density at radius 2 is 1.72 bits per heavy atom. The minimum Gasteiger partial charge on any atom is -0.496 e. The molecule has 0 N–H and O–H groups in total. The van der Waals surface area contributed by atoms with Crippen molar-refractivity contribution in [2.75, 3.05) is 7.11 Å². The highest BCUT2D eigenvalue weighted by Crippen LogP contribution is 2.35. The summed E-state index contributed by atoms with van der Waals surface area (Å²) < 4.78 is 5.36. The summed E-state index contributed by atoms with van der Waals surface area (Å²) in [6.07, 6.45) is 0. The van der Waals surface area contributed by atoms with E-state index in [1.807, 2.05) is 24.3 Å². The van der Waals surface area contributed by atoms with E-state index in [4.69, 9.17) is 16.3 Å². The van der Waals surface area contributed by atoms with Crippen LogP contribution in [0.1, 0.15) is 27.6 Å². The first-order valence-corrected chi connectivity index (χ1v) is 6.41. The number of para-hydroxylation sites is 1. The molecule has 0 fully saturated rings. The summed E-state index contributed by atoms with van der Waals surface area (Å²) in [5, 5.41) is -0.180. The van der Waals surface area contributed by atoms with Crippen molar-refractivity contribution in [1.29, 1.82) is 0 Å². The fourth-order valence-corrected chi connectivity index (χ4v) is 2.29. The number of alkyl halides is 1. The Morgan fingerprint density at radius 3 is 2.39 bits per heavy atom. The molecule has 2 aromatic carbocycles. The third-order valence-corrected chi connectivity index (χ3v) is 3.72. The van der Waals surface area contributed by atoms with Gasteiger partial charge in [0.2, 0.25) is 0 Å². The number of halogens is 1. The Morgan fingerprint density at radius 1 is 1.00 bits per heavy atom. The number of methoxy groups -OCH3 is 1. The quantitative estimate of drug-likeness (QED) is 0.731. The van der Waals surface area contributed by atoms with Crippen molar-refractivity contribution in [1.82, 2.24) is 0 Å². The number of aryl methyl sites for hydroxylation is 2. The van der Waals surface area contributed by atoms with Crippen LogP contribution >= 0.6 is 11.6 Å². The van der Waals surface area contributed by atoms with E-state index in [0.717, 1.165) is 16.9 Å². The van der Waals surface area contributed by atoms with E-state index in [-0.39, 0.29) is 5.38 Å². The second kappa shape index (κ2) is 5.45. The molecule has 0 aromatic heterocycles. The fourth-order valence-electron chi connectivity index (χ4n) is 1.98. The lowest BCUT2D eigenvalue weighted by molar-refractivity contribution is 0.410. The standard InChI is InChI=1S/C16H17ClO/c1-11-8-9-13(10-12(11)2)16(17)14-6-4-5-7-15(14)18-3/h4-10,16H,1-3H3. The van der Waals surface area contributed by atoms with Gasteiger partial charge in [0.1, 0.15) is 5.75 Å². The van der Waals surface area contributed by atoms with Crippen LogP contribution in [0.4, 0.5) is 0 Å². The molecule has 0 aliphatic carbocycles. The number of rotatable bonds is 3. The van der Waals surface area contributed by atoms with Crippen LogP contribution in [0, 0.1) is 13.8 Å². The molecule has 0 aliphatic heterocycles. The third kappa shape index (κ3) is 2.51. The molecule has 0 saturated heterocycles. The van der Waals surface area contributed by atoms with Crippen LogP contribution in [0.5, 0.6) is 5.75 Å². The van der Waals surface area contributed by atoms with Gasteiger partial charge in [0.25, 0.3) is 0 Å². The van der Waals surface area contributed by atoms with Gasteiger partial charge in [0, 0.05) is 5.56 Å². The number of ether oxygens (including phenoxy) is 1. The first-order chi connectivity index (χ1) is 8.63. The molecule has 0 radical (unpaired) electrons. The van der Waals surface area contributed by atoms with Crippen molar-refractivity contribution in [2.24, 2.45) is 0 Å². The second-order valence-corrected chi connectivity index (χ2v) is 4.88. The minimum absolute atomic E-state index is 0.180. The lowest BCUT2D eigenvalue weighted by atomic mass is 9.99. The van der Waals surface area contributed by atoms with Crippen LogP contribution in [0.25, 0.3) is 0 Å². The van der Waals surface area contributed by atoms with E-state index < -0.39 is 0 Å². The minimum atomic E-state index is -0.180. The van der Waals surface area contributed by atoms with Gasteiger partial charge in [0.15, 0.2) is 0 Å².